The fourth-order valence-electron chi connectivity index (χ4n) is 2.59. The van der Waals surface area contributed by atoms with Gasteiger partial charge in [-0.15, -0.1) is 0 Å². The molecule has 1 aromatic heterocycles. The first kappa shape index (κ1) is 16.2. The van der Waals surface area contributed by atoms with Crippen LogP contribution in [-0.2, 0) is 23.1 Å². The number of hydrogen-bond donors (Lipinski definition) is 1. The van der Waals surface area contributed by atoms with Crippen molar-refractivity contribution in [2.75, 3.05) is 19.7 Å². The second-order valence-electron chi connectivity index (χ2n) is 5.78. The summed E-state index contributed by atoms with van der Waals surface area (Å²) < 4.78 is 7.09. The highest BCUT2D eigenvalue weighted by Crippen LogP contribution is 2.11. The summed E-state index contributed by atoms with van der Waals surface area (Å²) >= 11 is 0. The molecule has 0 bridgehead atoms. The van der Waals surface area contributed by atoms with E-state index in [1.54, 1.807) is 28.9 Å². The Labute approximate surface area is 140 Å². The second-order valence-corrected chi connectivity index (χ2v) is 5.78. The van der Waals surface area contributed by atoms with Gasteiger partial charge >= 0.3 is 0 Å². The Balaban J connectivity index is 1.53. The highest BCUT2D eigenvalue weighted by atomic mass is 16.5. The van der Waals surface area contributed by atoms with Gasteiger partial charge in [0.2, 0.25) is 5.91 Å². The third-order valence-corrected chi connectivity index (χ3v) is 3.87. The van der Waals surface area contributed by atoms with Gasteiger partial charge in [0.15, 0.2) is 0 Å². The lowest BCUT2D eigenvalue weighted by Gasteiger charge is -2.32. The van der Waals surface area contributed by atoms with E-state index in [9.17, 15) is 9.59 Å². The minimum Gasteiger partial charge on any atom is -0.365 e. The van der Waals surface area contributed by atoms with Gasteiger partial charge in [0.25, 0.3) is 5.91 Å². The number of carbonyl (C=O) groups is 2. The maximum Gasteiger partial charge on any atom is 0.271 e. The number of aromatic nitrogens is 2. The lowest BCUT2D eigenvalue weighted by Crippen LogP contribution is -2.50. The Bertz CT molecular complexity index is 714. The fourth-order valence-corrected chi connectivity index (χ4v) is 2.59. The van der Waals surface area contributed by atoms with Crippen LogP contribution in [0.15, 0.2) is 42.6 Å². The molecule has 1 atom stereocenters. The van der Waals surface area contributed by atoms with Crippen molar-refractivity contribution >= 4 is 11.8 Å². The zero-order valence-electron chi connectivity index (χ0n) is 13.5. The summed E-state index contributed by atoms with van der Waals surface area (Å²) in [6.07, 6.45) is 1.49. The summed E-state index contributed by atoms with van der Waals surface area (Å²) in [7, 11) is 1.76. The van der Waals surface area contributed by atoms with Gasteiger partial charge in [0, 0.05) is 32.9 Å². The lowest BCUT2D eigenvalue weighted by atomic mass is 10.2. The molecule has 0 aliphatic carbocycles. The molecule has 2 aromatic rings. The zero-order chi connectivity index (χ0) is 16.9. The molecule has 24 heavy (non-hydrogen) atoms. The van der Waals surface area contributed by atoms with Crippen molar-refractivity contribution in [1.29, 1.82) is 0 Å². The molecule has 7 nitrogen and oxygen atoms in total. The van der Waals surface area contributed by atoms with Gasteiger partial charge < -0.3 is 15.0 Å². The third-order valence-electron chi connectivity index (χ3n) is 3.87. The normalized spacial score (nSPS) is 17.8. The van der Waals surface area contributed by atoms with Crippen molar-refractivity contribution in [3.63, 3.8) is 0 Å². The zero-order valence-corrected chi connectivity index (χ0v) is 13.5. The van der Waals surface area contributed by atoms with Gasteiger partial charge in [0.1, 0.15) is 12.3 Å². The Morgan fingerprint density at radius 2 is 2.12 bits per heavy atom. The molecule has 126 valence electrons. The molecule has 1 aliphatic rings. The number of rotatable bonds is 5. The molecular formula is C17H20N4O3. The molecule has 2 heterocycles. The van der Waals surface area contributed by atoms with E-state index in [1.807, 2.05) is 30.3 Å². The molecule has 0 saturated carbocycles. The number of nitrogens with one attached hydrogen (secondary N) is 1. The lowest BCUT2D eigenvalue weighted by molar-refractivity contribution is -0.149. The van der Waals surface area contributed by atoms with Crippen LogP contribution in [0, 0.1) is 0 Å². The first-order valence-electron chi connectivity index (χ1n) is 7.83. The maximum absolute atomic E-state index is 12.0. The summed E-state index contributed by atoms with van der Waals surface area (Å²) in [4.78, 5) is 25.8. The summed E-state index contributed by atoms with van der Waals surface area (Å²) in [6.45, 7) is 1.38. The molecule has 1 unspecified atom stereocenters. The number of aryl methyl sites for hydroxylation is 1. The Hall–Kier alpha value is -2.67. The first-order chi connectivity index (χ1) is 11.6. The van der Waals surface area contributed by atoms with Gasteiger partial charge in [-0.05, 0) is 11.6 Å². The van der Waals surface area contributed by atoms with E-state index in [0.717, 1.165) is 5.56 Å². The average molecular weight is 328 g/mol. The Morgan fingerprint density at radius 3 is 2.83 bits per heavy atom. The molecule has 0 spiro atoms. The highest BCUT2D eigenvalue weighted by Gasteiger charge is 2.26. The quantitative estimate of drug-likeness (QED) is 0.871. The highest BCUT2D eigenvalue weighted by molar-refractivity contribution is 5.92. The Kier molecular flexibility index (Phi) is 4.90. The van der Waals surface area contributed by atoms with Gasteiger partial charge in [-0.25, -0.2) is 0 Å². The summed E-state index contributed by atoms with van der Waals surface area (Å²) in [5.41, 5.74) is 1.44. The number of benzene rings is 1. The summed E-state index contributed by atoms with van der Waals surface area (Å²) in [6, 6.07) is 11.5. The van der Waals surface area contributed by atoms with E-state index >= 15 is 0 Å². The van der Waals surface area contributed by atoms with E-state index in [-0.39, 0.29) is 24.5 Å². The van der Waals surface area contributed by atoms with Crippen molar-refractivity contribution < 1.29 is 14.3 Å². The van der Waals surface area contributed by atoms with Crippen LogP contribution in [-0.4, -0.2) is 52.3 Å². The van der Waals surface area contributed by atoms with E-state index in [0.29, 0.717) is 25.3 Å². The van der Waals surface area contributed by atoms with Crippen LogP contribution >= 0.6 is 0 Å². The molecule has 1 saturated heterocycles. The average Bonchev–Trinajstić information content (AvgIpc) is 3.03. The van der Waals surface area contributed by atoms with Crippen LogP contribution in [0.1, 0.15) is 16.1 Å². The molecule has 2 amide bonds. The summed E-state index contributed by atoms with van der Waals surface area (Å²) in [5.74, 6) is -0.281. The number of nitrogens with zero attached hydrogens (tertiary/aromatic N) is 3. The second kappa shape index (κ2) is 7.27. The topological polar surface area (TPSA) is 76.5 Å². The Morgan fingerprint density at radius 1 is 1.33 bits per heavy atom. The van der Waals surface area contributed by atoms with Crippen LogP contribution in [0.2, 0.25) is 0 Å². The van der Waals surface area contributed by atoms with Crippen LogP contribution in [0.4, 0.5) is 0 Å². The molecule has 1 aliphatic heterocycles. The van der Waals surface area contributed by atoms with Crippen LogP contribution in [0.3, 0.4) is 0 Å². The van der Waals surface area contributed by atoms with Crippen molar-refractivity contribution in [3.05, 3.63) is 53.9 Å². The number of carbonyl (C=O) groups excluding carboxylic acids is 2. The molecule has 1 aromatic carbocycles. The first-order valence-corrected chi connectivity index (χ1v) is 7.83. The number of morpholine rings is 1. The van der Waals surface area contributed by atoms with E-state index < -0.39 is 0 Å². The van der Waals surface area contributed by atoms with Crippen LogP contribution in [0.5, 0.6) is 0 Å². The number of ether oxygens (including phenoxy) is 1. The summed E-state index contributed by atoms with van der Waals surface area (Å²) in [5, 5.41) is 6.86. The van der Waals surface area contributed by atoms with Gasteiger partial charge in [0.05, 0.1) is 6.10 Å². The van der Waals surface area contributed by atoms with E-state index in [4.69, 9.17) is 4.74 Å². The third kappa shape index (κ3) is 3.99. The molecule has 1 N–H and O–H groups in total. The maximum atomic E-state index is 12.0. The van der Waals surface area contributed by atoms with Crippen molar-refractivity contribution in [2.24, 2.45) is 7.05 Å². The van der Waals surface area contributed by atoms with Gasteiger partial charge in [-0.1, -0.05) is 30.3 Å². The van der Waals surface area contributed by atoms with Crippen molar-refractivity contribution in [2.45, 2.75) is 12.6 Å². The van der Waals surface area contributed by atoms with Crippen LogP contribution < -0.4 is 5.32 Å². The predicted molar refractivity (Wildman–Crippen MR) is 87.1 cm³/mol. The number of hydrogen-bond acceptors (Lipinski definition) is 4. The molecule has 1 fully saturated rings. The van der Waals surface area contributed by atoms with Crippen molar-refractivity contribution in [3.8, 4) is 0 Å². The fraction of sp³-hybridized carbons (Fsp3) is 0.353. The van der Waals surface area contributed by atoms with Crippen LogP contribution in [0.25, 0.3) is 0 Å². The molecule has 3 rings (SSSR count). The minimum atomic E-state index is -0.245. The van der Waals surface area contributed by atoms with Gasteiger partial charge in [-0.3, -0.25) is 14.3 Å². The number of amides is 2. The predicted octanol–water partition coefficient (Wildman–Crippen LogP) is 0.577. The monoisotopic (exact) mass is 328 g/mol. The van der Waals surface area contributed by atoms with Gasteiger partial charge in [-0.2, -0.15) is 5.10 Å². The molecular weight excluding hydrogens is 308 g/mol. The minimum absolute atomic E-state index is 0.0360. The SMILES string of the molecule is Cn1ccc(C(=O)NCC2CN(Cc3ccccc3)C(=O)CO2)n1. The molecule has 0 radical (unpaired) electrons. The van der Waals surface area contributed by atoms with E-state index in [2.05, 4.69) is 10.4 Å². The van der Waals surface area contributed by atoms with E-state index in [1.165, 1.54) is 0 Å². The smallest absolute Gasteiger partial charge is 0.271 e. The van der Waals surface area contributed by atoms with Crippen molar-refractivity contribution in [1.82, 2.24) is 20.0 Å². The molecule has 7 heteroatoms. The standard InChI is InChI=1S/C17H20N4O3/c1-20-8-7-15(19-20)17(23)18-9-14-11-21(16(22)12-24-14)10-13-5-3-2-4-6-13/h2-8,14H,9-12H2,1H3,(H,18,23). The largest absolute Gasteiger partial charge is 0.365 e.